The van der Waals surface area contributed by atoms with Crippen LogP contribution in [0.4, 0.5) is 5.69 Å². The maximum absolute atomic E-state index is 12.1. The average Bonchev–Trinajstić information content (AvgIpc) is 2.67. The molecule has 0 aliphatic carbocycles. The lowest BCUT2D eigenvalue weighted by Crippen LogP contribution is -2.34. The number of thiocarbonyl (C=S) groups is 1. The van der Waals surface area contributed by atoms with Crippen LogP contribution in [0.1, 0.15) is 18.4 Å². The number of hydrogen-bond donors (Lipinski definition) is 2. The molecule has 0 bridgehead atoms. The van der Waals surface area contributed by atoms with E-state index in [-0.39, 0.29) is 17.4 Å². The van der Waals surface area contributed by atoms with Gasteiger partial charge in [-0.2, -0.15) is 0 Å². The maximum Gasteiger partial charge on any atom is 0.226 e. The summed E-state index contributed by atoms with van der Waals surface area (Å²) in [5, 5.41) is 6.12. The van der Waals surface area contributed by atoms with Crippen LogP contribution >= 0.6 is 23.8 Å². The lowest BCUT2D eigenvalue weighted by atomic mass is 10.2. The second-order valence-corrected chi connectivity index (χ2v) is 6.77. The molecule has 0 heterocycles. The minimum absolute atomic E-state index is 0.159. The summed E-state index contributed by atoms with van der Waals surface area (Å²) in [6.07, 6.45) is 0.856. The molecule has 2 aromatic rings. The highest BCUT2D eigenvalue weighted by molar-refractivity contribution is 7.80. The topological polar surface area (TPSA) is 68.8 Å². The highest BCUT2D eigenvalue weighted by Gasteiger charge is 2.12. The fourth-order valence-electron chi connectivity index (χ4n) is 2.36. The van der Waals surface area contributed by atoms with Gasteiger partial charge in [-0.25, -0.2) is 0 Å². The predicted octanol–water partition coefficient (Wildman–Crippen LogP) is 4.34. The highest BCUT2D eigenvalue weighted by Crippen LogP contribution is 2.35. The molecule has 2 aromatic carbocycles. The van der Waals surface area contributed by atoms with Gasteiger partial charge >= 0.3 is 0 Å². The molecule has 28 heavy (non-hydrogen) atoms. The van der Waals surface area contributed by atoms with E-state index in [9.17, 15) is 4.79 Å². The molecule has 0 aliphatic heterocycles. The zero-order chi connectivity index (χ0) is 20.5. The fraction of sp³-hybridized carbons (Fsp3) is 0.300. The summed E-state index contributed by atoms with van der Waals surface area (Å²) in [6.45, 7) is 2.46. The van der Waals surface area contributed by atoms with Crippen molar-refractivity contribution in [2.75, 3.05) is 26.1 Å². The number of nitrogens with one attached hydrogen (secondary N) is 2. The molecule has 8 heteroatoms. The number of ether oxygens (including phenoxy) is 3. The molecule has 6 nitrogen and oxygen atoms in total. The van der Waals surface area contributed by atoms with E-state index in [4.69, 9.17) is 38.0 Å². The number of benzene rings is 2. The van der Waals surface area contributed by atoms with Crippen LogP contribution in [0.5, 0.6) is 17.2 Å². The first-order valence-electron chi connectivity index (χ1n) is 8.64. The van der Waals surface area contributed by atoms with Crippen molar-refractivity contribution in [3.05, 3.63) is 47.0 Å². The molecule has 0 spiro atoms. The van der Waals surface area contributed by atoms with Gasteiger partial charge in [0, 0.05) is 18.6 Å². The molecule has 0 saturated heterocycles. The minimum atomic E-state index is -0.204. The molecule has 2 N–H and O–H groups in total. The number of aryl methyl sites for hydroxylation is 1. The zero-order valence-electron chi connectivity index (χ0n) is 16.0. The largest absolute Gasteiger partial charge is 0.495 e. The van der Waals surface area contributed by atoms with Crippen molar-refractivity contribution in [3.8, 4) is 17.2 Å². The van der Waals surface area contributed by atoms with Crippen molar-refractivity contribution in [2.45, 2.75) is 19.8 Å². The van der Waals surface area contributed by atoms with Crippen LogP contribution < -0.4 is 24.8 Å². The Bertz CT molecular complexity index is 828. The molecule has 0 radical (unpaired) electrons. The number of methoxy groups -OCH3 is 2. The van der Waals surface area contributed by atoms with E-state index >= 15 is 0 Å². The normalized spacial score (nSPS) is 10.1. The van der Waals surface area contributed by atoms with Gasteiger partial charge in [-0.1, -0.05) is 29.3 Å². The smallest absolute Gasteiger partial charge is 0.226 e. The van der Waals surface area contributed by atoms with Gasteiger partial charge in [0.2, 0.25) is 5.91 Å². The van der Waals surface area contributed by atoms with Crippen molar-refractivity contribution in [1.82, 2.24) is 5.32 Å². The SMILES string of the molecule is COc1cc(NC(=S)NC(=O)CCCOc2ccc(C)cc2)c(OC)cc1Cl. The molecular formula is C20H23ClN2O4S. The molecule has 1 amide bonds. The molecule has 2 rings (SSSR count). The Morgan fingerprint density at radius 1 is 1.11 bits per heavy atom. The molecule has 0 fully saturated rings. The van der Waals surface area contributed by atoms with E-state index in [0.29, 0.717) is 35.2 Å². The highest BCUT2D eigenvalue weighted by atomic mass is 35.5. The van der Waals surface area contributed by atoms with Crippen molar-refractivity contribution >= 4 is 40.5 Å². The van der Waals surface area contributed by atoms with Crippen LogP contribution in [0.3, 0.4) is 0 Å². The van der Waals surface area contributed by atoms with Gasteiger partial charge in [-0.05, 0) is 37.7 Å². The molecule has 0 aliphatic rings. The maximum atomic E-state index is 12.1. The third kappa shape index (κ3) is 6.58. The quantitative estimate of drug-likeness (QED) is 0.487. The Hall–Kier alpha value is -2.51. The number of carbonyl (C=O) groups is 1. The van der Waals surface area contributed by atoms with Gasteiger partial charge in [0.15, 0.2) is 5.11 Å². The summed E-state index contributed by atoms with van der Waals surface area (Å²) >= 11 is 11.3. The average molecular weight is 423 g/mol. The molecule has 0 atom stereocenters. The van der Waals surface area contributed by atoms with Crippen LogP contribution in [0.2, 0.25) is 5.02 Å². The van der Waals surface area contributed by atoms with Crippen LogP contribution in [-0.2, 0) is 4.79 Å². The summed E-state index contributed by atoms with van der Waals surface area (Å²) in [5.41, 5.74) is 1.71. The first-order chi connectivity index (χ1) is 13.4. The molecule has 0 saturated carbocycles. The molecule has 0 unspecified atom stereocenters. The van der Waals surface area contributed by atoms with Crippen molar-refractivity contribution in [2.24, 2.45) is 0 Å². The summed E-state index contributed by atoms with van der Waals surface area (Å²) in [5.74, 6) is 1.53. The second-order valence-electron chi connectivity index (χ2n) is 5.95. The number of amides is 1. The van der Waals surface area contributed by atoms with Crippen LogP contribution in [0.15, 0.2) is 36.4 Å². The minimum Gasteiger partial charge on any atom is -0.495 e. The summed E-state index contributed by atoms with van der Waals surface area (Å²) in [6, 6.07) is 11.0. The van der Waals surface area contributed by atoms with Crippen LogP contribution in [-0.4, -0.2) is 31.8 Å². The predicted molar refractivity (Wildman–Crippen MR) is 115 cm³/mol. The van der Waals surface area contributed by atoms with Crippen molar-refractivity contribution in [1.29, 1.82) is 0 Å². The van der Waals surface area contributed by atoms with Crippen molar-refractivity contribution < 1.29 is 19.0 Å². The van der Waals surface area contributed by atoms with Gasteiger partial charge < -0.3 is 24.8 Å². The van der Waals surface area contributed by atoms with E-state index in [0.717, 1.165) is 5.75 Å². The van der Waals surface area contributed by atoms with E-state index < -0.39 is 0 Å². The van der Waals surface area contributed by atoms with E-state index in [1.54, 1.807) is 12.1 Å². The van der Waals surface area contributed by atoms with Crippen LogP contribution in [0.25, 0.3) is 0 Å². The van der Waals surface area contributed by atoms with Gasteiger partial charge in [0.05, 0.1) is 31.5 Å². The number of carbonyl (C=O) groups excluding carboxylic acids is 1. The van der Waals surface area contributed by atoms with Gasteiger partial charge in [-0.15, -0.1) is 0 Å². The van der Waals surface area contributed by atoms with Crippen molar-refractivity contribution in [3.63, 3.8) is 0 Å². The number of halogens is 1. The number of anilines is 1. The van der Waals surface area contributed by atoms with Gasteiger partial charge in [0.25, 0.3) is 0 Å². The third-order valence-corrected chi connectivity index (χ3v) is 4.31. The molecular weight excluding hydrogens is 400 g/mol. The Morgan fingerprint density at radius 3 is 2.43 bits per heavy atom. The number of hydrogen-bond acceptors (Lipinski definition) is 5. The zero-order valence-corrected chi connectivity index (χ0v) is 17.6. The first kappa shape index (κ1) is 21.8. The Kier molecular flexibility index (Phi) is 8.35. The Morgan fingerprint density at radius 2 is 1.79 bits per heavy atom. The second kappa shape index (κ2) is 10.7. The Balaban J connectivity index is 1.79. The van der Waals surface area contributed by atoms with E-state index in [2.05, 4.69) is 10.6 Å². The standard InChI is InChI=1S/C20H23ClN2O4S/c1-13-6-8-14(9-7-13)27-10-4-5-19(24)23-20(28)22-16-12-17(25-2)15(21)11-18(16)26-3/h6-9,11-12H,4-5,10H2,1-3H3,(H2,22,23,24,28). The van der Waals surface area contributed by atoms with E-state index in [1.807, 2.05) is 31.2 Å². The Labute approximate surface area is 175 Å². The lowest BCUT2D eigenvalue weighted by Gasteiger charge is -2.15. The number of rotatable bonds is 8. The van der Waals surface area contributed by atoms with Gasteiger partial charge in [-0.3, -0.25) is 4.79 Å². The lowest BCUT2D eigenvalue weighted by molar-refractivity contribution is -0.119. The first-order valence-corrected chi connectivity index (χ1v) is 9.43. The van der Waals surface area contributed by atoms with E-state index in [1.165, 1.54) is 19.8 Å². The summed E-state index contributed by atoms with van der Waals surface area (Å²) in [7, 11) is 3.02. The van der Waals surface area contributed by atoms with Gasteiger partial charge in [0.1, 0.15) is 17.2 Å². The summed E-state index contributed by atoms with van der Waals surface area (Å²) < 4.78 is 16.1. The third-order valence-electron chi connectivity index (χ3n) is 3.81. The monoisotopic (exact) mass is 422 g/mol. The fourth-order valence-corrected chi connectivity index (χ4v) is 2.81. The summed E-state index contributed by atoms with van der Waals surface area (Å²) in [4.78, 5) is 12.1. The molecule has 0 aromatic heterocycles. The molecule has 150 valence electrons. The van der Waals surface area contributed by atoms with Crippen LogP contribution in [0, 0.1) is 6.92 Å².